The summed E-state index contributed by atoms with van der Waals surface area (Å²) in [7, 11) is 0. The average Bonchev–Trinajstić information content (AvgIpc) is 3.31. The van der Waals surface area contributed by atoms with Crippen molar-refractivity contribution >= 4 is 29.0 Å². The predicted molar refractivity (Wildman–Crippen MR) is 133 cm³/mol. The van der Waals surface area contributed by atoms with E-state index in [1.165, 1.54) is 6.07 Å². The molecule has 0 bridgehead atoms. The van der Waals surface area contributed by atoms with E-state index in [9.17, 15) is 14.0 Å². The third-order valence-corrected chi connectivity index (χ3v) is 6.75. The zero-order valence-electron chi connectivity index (χ0n) is 20.5. The van der Waals surface area contributed by atoms with Crippen molar-refractivity contribution in [1.29, 1.82) is 0 Å². The van der Waals surface area contributed by atoms with Crippen LogP contribution in [0.2, 0.25) is 0 Å². The molecule has 2 aromatic carbocycles. The van der Waals surface area contributed by atoms with E-state index in [0.717, 1.165) is 0 Å². The lowest BCUT2D eigenvalue weighted by Gasteiger charge is -2.37. The molecule has 5 rings (SSSR count). The van der Waals surface area contributed by atoms with E-state index >= 15 is 0 Å². The highest BCUT2D eigenvalue weighted by atomic mass is 19.1. The van der Waals surface area contributed by atoms with Gasteiger partial charge in [-0.3, -0.25) is 4.79 Å². The molecule has 2 N–H and O–H groups in total. The number of fused-ring (bicyclic) bond motifs is 1. The van der Waals surface area contributed by atoms with Crippen LogP contribution >= 0.6 is 0 Å². The fourth-order valence-corrected chi connectivity index (χ4v) is 4.98. The number of rotatable bonds is 4. The maximum Gasteiger partial charge on any atom is 0.321 e. The maximum absolute atomic E-state index is 14.9. The van der Waals surface area contributed by atoms with Gasteiger partial charge in [-0.05, 0) is 57.0 Å². The number of nitrogens with one attached hydrogen (secondary N) is 2. The number of nitrogens with zero attached hydrogens (tertiary/aromatic N) is 2. The summed E-state index contributed by atoms with van der Waals surface area (Å²) < 4.78 is 31.2. The molecule has 2 fully saturated rings. The highest BCUT2D eigenvalue weighted by Crippen LogP contribution is 2.34. The van der Waals surface area contributed by atoms with Crippen LogP contribution in [0.4, 0.5) is 26.2 Å². The molecular formula is C26H31FN4O5. The van der Waals surface area contributed by atoms with Crippen molar-refractivity contribution in [3.63, 3.8) is 0 Å². The largest absolute Gasteiger partial charge is 0.454 e. The molecule has 192 valence electrons. The lowest BCUT2D eigenvalue weighted by molar-refractivity contribution is -0.121. The third kappa shape index (κ3) is 5.33. The number of ether oxygens (including phenoxy) is 3. The number of morpholine rings is 1. The van der Waals surface area contributed by atoms with Gasteiger partial charge in [0.25, 0.3) is 0 Å². The minimum absolute atomic E-state index is 0.0227. The van der Waals surface area contributed by atoms with Crippen molar-refractivity contribution in [1.82, 2.24) is 4.90 Å². The SMILES string of the molecule is CC1CN(c2ccc(NC(=O)N3CCC(C(=O)Nc4ccc5c(c4)OCO5)CC3)cc2F)CC(C)O1. The summed E-state index contributed by atoms with van der Waals surface area (Å²) in [5.41, 5.74) is 1.55. The Morgan fingerprint density at radius 2 is 1.58 bits per heavy atom. The molecule has 2 unspecified atom stereocenters. The summed E-state index contributed by atoms with van der Waals surface area (Å²) >= 11 is 0. The number of benzene rings is 2. The number of carbonyl (C=O) groups excluding carboxylic acids is 2. The van der Waals surface area contributed by atoms with Gasteiger partial charge < -0.3 is 34.6 Å². The van der Waals surface area contributed by atoms with Crippen molar-refractivity contribution < 1.29 is 28.2 Å². The smallest absolute Gasteiger partial charge is 0.321 e. The maximum atomic E-state index is 14.9. The first kappa shape index (κ1) is 24.2. The van der Waals surface area contributed by atoms with Crippen molar-refractivity contribution in [2.24, 2.45) is 5.92 Å². The van der Waals surface area contributed by atoms with Crippen LogP contribution < -0.4 is 25.0 Å². The highest BCUT2D eigenvalue weighted by Gasteiger charge is 2.28. The lowest BCUT2D eigenvalue weighted by Crippen LogP contribution is -2.45. The number of anilines is 3. The van der Waals surface area contributed by atoms with Gasteiger partial charge in [0.1, 0.15) is 5.82 Å². The minimum Gasteiger partial charge on any atom is -0.454 e. The van der Waals surface area contributed by atoms with Crippen molar-refractivity contribution in [3.05, 3.63) is 42.2 Å². The van der Waals surface area contributed by atoms with E-state index < -0.39 is 0 Å². The Morgan fingerprint density at radius 1 is 0.917 bits per heavy atom. The molecule has 0 spiro atoms. The van der Waals surface area contributed by atoms with E-state index in [1.807, 2.05) is 18.7 Å². The topological polar surface area (TPSA) is 92.4 Å². The summed E-state index contributed by atoms with van der Waals surface area (Å²) in [4.78, 5) is 29.1. The van der Waals surface area contributed by atoms with Crippen molar-refractivity contribution in [2.45, 2.75) is 38.9 Å². The lowest BCUT2D eigenvalue weighted by atomic mass is 9.96. The number of urea groups is 1. The first-order chi connectivity index (χ1) is 17.4. The van der Waals surface area contributed by atoms with Gasteiger partial charge >= 0.3 is 6.03 Å². The van der Waals surface area contributed by atoms with E-state index in [1.54, 1.807) is 35.2 Å². The molecule has 0 saturated carbocycles. The molecule has 3 amide bonds. The second kappa shape index (κ2) is 10.2. The molecule has 0 radical (unpaired) electrons. The van der Waals surface area contributed by atoms with Crippen LogP contribution in [0.5, 0.6) is 11.5 Å². The van der Waals surface area contributed by atoms with Gasteiger partial charge in [0.2, 0.25) is 12.7 Å². The zero-order valence-corrected chi connectivity index (χ0v) is 20.5. The number of hydrogen-bond donors (Lipinski definition) is 2. The first-order valence-electron chi connectivity index (χ1n) is 12.3. The predicted octanol–water partition coefficient (Wildman–Crippen LogP) is 4.05. The number of likely N-dealkylation sites (tertiary alicyclic amines) is 1. The molecule has 2 saturated heterocycles. The van der Waals surface area contributed by atoms with E-state index in [4.69, 9.17) is 14.2 Å². The van der Waals surface area contributed by atoms with Crippen LogP contribution in [0.1, 0.15) is 26.7 Å². The van der Waals surface area contributed by atoms with Gasteiger partial charge in [-0.2, -0.15) is 0 Å². The van der Waals surface area contributed by atoms with Crippen LogP contribution in [0.3, 0.4) is 0 Å². The van der Waals surface area contributed by atoms with Crippen LogP contribution in [0.15, 0.2) is 36.4 Å². The number of hydrogen-bond acceptors (Lipinski definition) is 6. The molecule has 10 heteroatoms. The third-order valence-electron chi connectivity index (χ3n) is 6.75. The Hall–Kier alpha value is -3.53. The molecule has 0 aromatic heterocycles. The number of carbonyl (C=O) groups is 2. The van der Waals surface area contributed by atoms with Crippen LogP contribution in [-0.2, 0) is 9.53 Å². The Balaban J connectivity index is 1.12. The summed E-state index contributed by atoms with van der Waals surface area (Å²) in [6.07, 6.45) is 1.14. The highest BCUT2D eigenvalue weighted by molar-refractivity contribution is 5.93. The monoisotopic (exact) mass is 498 g/mol. The molecule has 0 aliphatic carbocycles. The number of amides is 3. The van der Waals surface area contributed by atoms with Crippen LogP contribution in [0, 0.1) is 11.7 Å². The second-order valence-corrected chi connectivity index (χ2v) is 9.58. The Kier molecular flexibility index (Phi) is 6.86. The number of piperidine rings is 1. The molecular weight excluding hydrogens is 467 g/mol. The Labute approximate surface area is 209 Å². The fraction of sp³-hybridized carbons (Fsp3) is 0.462. The van der Waals surface area contributed by atoms with Crippen molar-refractivity contribution in [2.75, 3.05) is 48.5 Å². The van der Waals surface area contributed by atoms with E-state index in [-0.39, 0.29) is 42.7 Å². The molecule has 36 heavy (non-hydrogen) atoms. The average molecular weight is 499 g/mol. The summed E-state index contributed by atoms with van der Waals surface area (Å²) in [5.74, 6) is 0.603. The van der Waals surface area contributed by atoms with Gasteiger partial charge in [0.15, 0.2) is 11.5 Å². The van der Waals surface area contributed by atoms with Crippen LogP contribution in [0.25, 0.3) is 0 Å². The van der Waals surface area contributed by atoms with Gasteiger partial charge in [-0.15, -0.1) is 0 Å². The van der Waals surface area contributed by atoms with Crippen LogP contribution in [-0.4, -0.2) is 62.0 Å². The van der Waals surface area contributed by atoms with Crippen molar-refractivity contribution in [3.8, 4) is 11.5 Å². The minimum atomic E-state index is -0.381. The molecule has 3 aliphatic heterocycles. The summed E-state index contributed by atoms with van der Waals surface area (Å²) in [6.45, 7) is 6.23. The van der Waals surface area contributed by atoms with E-state index in [0.29, 0.717) is 67.6 Å². The molecule has 3 heterocycles. The summed E-state index contributed by atoms with van der Waals surface area (Å²) in [6, 6.07) is 9.75. The normalized spacial score (nSPS) is 21.9. The molecule has 3 aliphatic rings. The fourth-order valence-electron chi connectivity index (χ4n) is 4.98. The van der Waals surface area contributed by atoms with Gasteiger partial charge in [-0.25, -0.2) is 9.18 Å². The Morgan fingerprint density at radius 3 is 2.31 bits per heavy atom. The van der Waals surface area contributed by atoms with E-state index in [2.05, 4.69) is 10.6 Å². The molecule has 2 aromatic rings. The second-order valence-electron chi connectivity index (χ2n) is 9.58. The van der Waals surface area contributed by atoms with Gasteiger partial charge in [-0.1, -0.05) is 0 Å². The zero-order chi connectivity index (χ0) is 25.2. The first-order valence-corrected chi connectivity index (χ1v) is 12.3. The quantitative estimate of drug-likeness (QED) is 0.661. The molecule has 2 atom stereocenters. The molecule has 9 nitrogen and oxygen atoms in total. The van der Waals surface area contributed by atoms with Gasteiger partial charge in [0.05, 0.1) is 17.9 Å². The Bertz CT molecular complexity index is 1130. The van der Waals surface area contributed by atoms with Gasteiger partial charge in [0, 0.05) is 49.5 Å². The summed E-state index contributed by atoms with van der Waals surface area (Å²) in [5, 5.41) is 5.71. The standard InChI is InChI=1S/C26H31FN4O5/c1-16-13-31(14-17(2)36-16)22-5-3-19(11-21(22)27)29-26(33)30-9-7-18(8-10-30)25(32)28-20-4-6-23-24(12-20)35-15-34-23/h3-6,11-12,16-18H,7-10,13-15H2,1-2H3,(H,28,32)(H,29,33). The number of halogens is 1.